The van der Waals surface area contributed by atoms with Crippen molar-refractivity contribution in [1.82, 2.24) is 0 Å². The number of carbonyl (C=O) groups excluding carboxylic acids is 1. The zero-order valence-electron chi connectivity index (χ0n) is 8.02. The third-order valence-corrected chi connectivity index (χ3v) is 1.70. The van der Waals surface area contributed by atoms with Gasteiger partial charge in [0.1, 0.15) is 11.5 Å². The van der Waals surface area contributed by atoms with Gasteiger partial charge in [0.2, 0.25) is 0 Å². The Kier molecular flexibility index (Phi) is 3.09. The highest BCUT2D eigenvalue weighted by Crippen LogP contribution is 2.28. The van der Waals surface area contributed by atoms with Crippen molar-refractivity contribution in [2.24, 2.45) is 0 Å². The minimum Gasteiger partial charge on any atom is -0.508 e. The molecule has 0 bridgehead atoms. The number of hydrogen-bond donors (Lipinski definition) is 2. The van der Waals surface area contributed by atoms with E-state index in [0.717, 1.165) is 0 Å². The van der Waals surface area contributed by atoms with E-state index in [1.165, 1.54) is 32.0 Å². The van der Waals surface area contributed by atoms with Gasteiger partial charge >= 0.3 is 5.97 Å². The third-order valence-electron chi connectivity index (χ3n) is 1.70. The van der Waals surface area contributed by atoms with E-state index in [2.05, 4.69) is 0 Å². The first kappa shape index (κ1) is 10.5. The van der Waals surface area contributed by atoms with Crippen LogP contribution in [-0.4, -0.2) is 16.2 Å². The Morgan fingerprint density at radius 1 is 1.50 bits per heavy atom. The van der Waals surface area contributed by atoms with Crippen LogP contribution in [-0.2, 0) is 4.79 Å². The van der Waals surface area contributed by atoms with Crippen LogP contribution in [0.1, 0.15) is 25.5 Å². The number of aliphatic hydroxyl groups is 1. The molecule has 0 fully saturated rings. The number of esters is 1. The second-order valence-corrected chi connectivity index (χ2v) is 2.99. The SMILES string of the molecule is CC(=O)Oc1ccc(O)cc1C(C)O. The zero-order chi connectivity index (χ0) is 10.7. The Hall–Kier alpha value is -1.55. The second-order valence-electron chi connectivity index (χ2n) is 2.99. The van der Waals surface area contributed by atoms with Crippen LogP contribution in [0.4, 0.5) is 0 Å². The monoisotopic (exact) mass is 196 g/mol. The van der Waals surface area contributed by atoms with Crippen LogP contribution in [0.2, 0.25) is 0 Å². The van der Waals surface area contributed by atoms with Gasteiger partial charge in [0.25, 0.3) is 0 Å². The largest absolute Gasteiger partial charge is 0.508 e. The number of aromatic hydroxyl groups is 1. The van der Waals surface area contributed by atoms with Crippen LogP contribution in [0.3, 0.4) is 0 Å². The molecule has 0 aliphatic carbocycles. The van der Waals surface area contributed by atoms with Crippen molar-refractivity contribution in [2.45, 2.75) is 20.0 Å². The van der Waals surface area contributed by atoms with Crippen LogP contribution in [0.5, 0.6) is 11.5 Å². The Labute approximate surface area is 81.8 Å². The van der Waals surface area contributed by atoms with E-state index in [1.54, 1.807) is 0 Å². The summed E-state index contributed by atoms with van der Waals surface area (Å²) >= 11 is 0. The molecule has 0 aromatic heterocycles. The molecule has 0 saturated heterocycles. The summed E-state index contributed by atoms with van der Waals surface area (Å²) in [5, 5.41) is 18.5. The van der Waals surface area contributed by atoms with E-state index in [4.69, 9.17) is 9.84 Å². The molecule has 1 aromatic rings. The molecule has 2 N–H and O–H groups in total. The van der Waals surface area contributed by atoms with Crippen LogP contribution in [0.15, 0.2) is 18.2 Å². The number of rotatable bonds is 2. The maximum Gasteiger partial charge on any atom is 0.308 e. The predicted octanol–water partition coefficient (Wildman–Crippen LogP) is 1.37. The number of ether oxygens (including phenoxy) is 1. The molecule has 0 aliphatic heterocycles. The highest BCUT2D eigenvalue weighted by atomic mass is 16.5. The lowest BCUT2D eigenvalue weighted by molar-refractivity contribution is -0.132. The fraction of sp³-hybridized carbons (Fsp3) is 0.300. The summed E-state index contributed by atoms with van der Waals surface area (Å²) in [6.45, 7) is 2.81. The van der Waals surface area contributed by atoms with Gasteiger partial charge in [-0.3, -0.25) is 4.79 Å². The van der Waals surface area contributed by atoms with Crippen LogP contribution < -0.4 is 4.74 Å². The van der Waals surface area contributed by atoms with E-state index < -0.39 is 12.1 Å². The Morgan fingerprint density at radius 2 is 2.14 bits per heavy atom. The van der Waals surface area contributed by atoms with Gasteiger partial charge in [-0.2, -0.15) is 0 Å². The second kappa shape index (κ2) is 4.11. The first-order chi connectivity index (χ1) is 6.50. The van der Waals surface area contributed by atoms with Gasteiger partial charge in [-0.1, -0.05) is 0 Å². The number of benzene rings is 1. The summed E-state index contributed by atoms with van der Waals surface area (Å²) in [5.41, 5.74) is 0.389. The fourth-order valence-corrected chi connectivity index (χ4v) is 1.11. The van der Waals surface area contributed by atoms with Gasteiger partial charge in [0.05, 0.1) is 6.10 Å². The topological polar surface area (TPSA) is 66.8 Å². The van der Waals surface area contributed by atoms with Gasteiger partial charge in [-0.25, -0.2) is 0 Å². The summed E-state index contributed by atoms with van der Waals surface area (Å²) in [6.07, 6.45) is -0.795. The van der Waals surface area contributed by atoms with Gasteiger partial charge in [0, 0.05) is 12.5 Å². The number of phenolic OH excluding ortho intramolecular Hbond substituents is 1. The predicted molar refractivity (Wildman–Crippen MR) is 50.0 cm³/mol. The van der Waals surface area contributed by atoms with Crippen LogP contribution >= 0.6 is 0 Å². The average Bonchev–Trinajstić information content (AvgIpc) is 2.07. The Morgan fingerprint density at radius 3 is 2.64 bits per heavy atom. The van der Waals surface area contributed by atoms with E-state index >= 15 is 0 Å². The first-order valence-electron chi connectivity index (χ1n) is 4.20. The van der Waals surface area contributed by atoms with Crippen molar-refractivity contribution in [2.75, 3.05) is 0 Å². The molecule has 4 heteroatoms. The van der Waals surface area contributed by atoms with Crippen molar-refractivity contribution in [3.63, 3.8) is 0 Å². The number of aliphatic hydroxyl groups excluding tert-OH is 1. The van der Waals surface area contributed by atoms with Crippen LogP contribution in [0, 0.1) is 0 Å². The normalized spacial score (nSPS) is 12.2. The minimum atomic E-state index is -0.795. The maximum atomic E-state index is 10.7. The van der Waals surface area contributed by atoms with Crippen molar-refractivity contribution >= 4 is 5.97 Å². The molecule has 0 heterocycles. The van der Waals surface area contributed by atoms with Gasteiger partial charge in [-0.15, -0.1) is 0 Å². The average molecular weight is 196 g/mol. The van der Waals surface area contributed by atoms with Crippen molar-refractivity contribution in [3.8, 4) is 11.5 Å². The number of carbonyl (C=O) groups is 1. The maximum absolute atomic E-state index is 10.7. The summed E-state index contributed by atoms with van der Waals surface area (Å²) in [7, 11) is 0. The van der Waals surface area contributed by atoms with Crippen LogP contribution in [0.25, 0.3) is 0 Å². The molecule has 1 atom stereocenters. The van der Waals surface area contributed by atoms with Crippen molar-refractivity contribution in [3.05, 3.63) is 23.8 Å². The molecule has 1 rings (SSSR count). The molecule has 0 saturated carbocycles. The summed E-state index contributed by atoms with van der Waals surface area (Å²) < 4.78 is 4.85. The molecule has 0 aliphatic rings. The quantitative estimate of drug-likeness (QED) is 0.553. The zero-order valence-corrected chi connectivity index (χ0v) is 8.02. The van der Waals surface area contributed by atoms with E-state index in [0.29, 0.717) is 5.56 Å². The highest BCUT2D eigenvalue weighted by Gasteiger charge is 2.11. The molecule has 0 spiro atoms. The third kappa shape index (κ3) is 2.47. The molecule has 0 amide bonds. The lowest BCUT2D eigenvalue weighted by Gasteiger charge is -2.11. The summed E-state index contributed by atoms with van der Waals surface area (Å²) in [4.78, 5) is 10.7. The molecule has 1 unspecified atom stereocenters. The Balaban J connectivity index is 3.08. The van der Waals surface area contributed by atoms with Gasteiger partial charge in [-0.05, 0) is 25.1 Å². The molecular formula is C10H12O4. The summed E-state index contributed by atoms with van der Waals surface area (Å²) in [6, 6.07) is 4.20. The molecule has 0 radical (unpaired) electrons. The first-order valence-corrected chi connectivity index (χ1v) is 4.20. The summed E-state index contributed by atoms with van der Waals surface area (Å²) in [5.74, 6) is -0.167. The lowest BCUT2D eigenvalue weighted by atomic mass is 10.1. The molecule has 4 nitrogen and oxygen atoms in total. The molecule has 14 heavy (non-hydrogen) atoms. The van der Waals surface area contributed by atoms with E-state index in [1.807, 2.05) is 0 Å². The molecule has 76 valence electrons. The van der Waals surface area contributed by atoms with E-state index in [-0.39, 0.29) is 11.5 Å². The number of hydrogen-bond acceptors (Lipinski definition) is 4. The van der Waals surface area contributed by atoms with Gasteiger partial charge < -0.3 is 14.9 Å². The smallest absolute Gasteiger partial charge is 0.308 e. The van der Waals surface area contributed by atoms with Crippen molar-refractivity contribution in [1.29, 1.82) is 0 Å². The van der Waals surface area contributed by atoms with E-state index in [9.17, 15) is 9.90 Å². The number of phenols is 1. The Bertz CT molecular complexity index is 344. The standard InChI is InChI=1S/C10H12O4/c1-6(11)9-5-8(13)3-4-10(9)14-7(2)12/h3-6,11,13H,1-2H3. The fourth-order valence-electron chi connectivity index (χ4n) is 1.11. The molecule has 1 aromatic carbocycles. The van der Waals surface area contributed by atoms with Gasteiger partial charge in [0.15, 0.2) is 0 Å². The lowest BCUT2D eigenvalue weighted by Crippen LogP contribution is -2.05. The minimum absolute atomic E-state index is 0.0248. The van der Waals surface area contributed by atoms with Crippen molar-refractivity contribution < 1.29 is 19.7 Å². The highest BCUT2D eigenvalue weighted by molar-refractivity contribution is 5.70. The molecular weight excluding hydrogens is 184 g/mol.